The molecule has 3 aliphatic heterocycles. The quantitative estimate of drug-likeness (QED) is 0.700. The van der Waals surface area contributed by atoms with Crippen LogP contribution in [0.4, 0.5) is 5.69 Å². The molecule has 1 aromatic carbocycles. The summed E-state index contributed by atoms with van der Waals surface area (Å²) in [7, 11) is 4.57. The minimum atomic E-state index is -0.679. The molecule has 1 saturated carbocycles. The highest BCUT2D eigenvalue weighted by Crippen LogP contribution is 2.53. The molecule has 31 heavy (non-hydrogen) atoms. The molecule has 8 nitrogen and oxygen atoms in total. The number of benzene rings is 1. The van der Waals surface area contributed by atoms with Gasteiger partial charge in [-0.1, -0.05) is 25.0 Å². The van der Waals surface area contributed by atoms with Gasteiger partial charge in [0.15, 0.2) is 11.5 Å². The van der Waals surface area contributed by atoms with Crippen LogP contribution in [0.5, 0.6) is 17.2 Å². The van der Waals surface area contributed by atoms with Crippen LogP contribution >= 0.6 is 0 Å². The van der Waals surface area contributed by atoms with Gasteiger partial charge in [0.2, 0.25) is 17.6 Å². The van der Waals surface area contributed by atoms with Gasteiger partial charge in [-0.25, -0.2) is 0 Å². The van der Waals surface area contributed by atoms with Gasteiger partial charge in [0.1, 0.15) is 5.60 Å². The normalized spacial score (nSPS) is 31.3. The zero-order valence-electron chi connectivity index (χ0n) is 18.1. The lowest BCUT2D eigenvalue weighted by molar-refractivity contribution is -0.137. The third-order valence-electron chi connectivity index (χ3n) is 7.13. The molecule has 1 aliphatic carbocycles. The molecule has 1 spiro atoms. The molecule has 1 aromatic rings. The Morgan fingerprint density at radius 2 is 1.81 bits per heavy atom. The number of nitrogens with zero attached hydrogens (tertiary/aromatic N) is 1. The first kappa shape index (κ1) is 20.2. The molecule has 2 bridgehead atoms. The summed E-state index contributed by atoms with van der Waals surface area (Å²) in [4.78, 5) is 28.7. The number of amides is 2. The number of methoxy groups -OCH3 is 3. The van der Waals surface area contributed by atoms with Crippen molar-refractivity contribution in [1.29, 1.82) is 0 Å². The van der Waals surface area contributed by atoms with E-state index in [9.17, 15) is 9.59 Å². The fourth-order valence-corrected chi connectivity index (χ4v) is 5.73. The molecule has 0 aromatic heterocycles. The first-order chi connectivity index (χ1) is 15.0. The number of hydrogen-bond acceptors (Lipinski definition) is 6. The van der Waals surface area contributed by atoms with Crippen LogP contribution in [-0.4, -0.2) is 62.3 Å². The molecule has 3 heterocycles. The molecule has 4 atom stereocenters. The third kappa shape index (κ3) is 2.99. The van der Waals surface area contributed by atoms with Crippen LogP contribution in [0.25, 0.3) is 0 Å². The second-order valence-electron chi connectivity index (χ2n) is 8.71. The van der Waals surface area contributed by atoms with Gasteiger partial charge < -0.3 is 29.2 Å². The Hall–Kier alpha value is -2.74. The van der Waals surface area contributed by atoms with E-state index in [0.717, 1.165) is 25.7 Å². The molecule has 3 fully saturated rings. The van der Waals surface area contributed by atoms with E-state index in [1.807, 2.05) is 17.1 Å². The highest BCUT2D eigenvalue weighted by Gasteiger charge is 2.67. The van der Waals surface area contributed by atoms with E-state index >= 15 is 0 Å². The number of carbonyl (C=O) groups excluding carboxylic acids is 2. The van der Waals surface area contributed by atoms with Gasteiger partial charge in [-0.15, -0.1) is 0 Å². The summed E-state index contributed by atoms with van der Waals surface area (Å²) in [6, 6.07) is 3.63. The Morgan fingerprint density at radius 1 is 1.13 bits per heavy atom. The lowest BCUT2D eigenvalue weighted by atomic mass is 9.76. The summed E-state index contributed by atoms with van der Waals surface area (Å²) in [5, 5.41) is 2.94. The van der Waals surface area contributed by atoms with Crippen molar-refractivity contribution in [3.05, 3.63) is 24.3 Å². The molecule has 5 rings (SSSR count). The molecule has 8 heteroatoms. The van der Waals surface area contributed by atoms with Gasteiger partial charge in [-0.2, -0.15) is 0 Å². The summed E-state index contributed by atoms with van der Waals surface area (Å²) in [6.45, 7) is 0.544. The van der Waals surface area contributed by atoms with Crippen LogP contribution in [-0.2, 0) is 14.3 Å². The van der Waals surface area contributed by atoms with Crippen molar-refractivity contribution >= 4 is 17.5 Å². The van der Waals surface area contributed by atoms with Crippen molar-refractivity contribution in [3.63, 3.8) is 0 Å². The summed E-state index contributed by atoms with van der Waals surface area (Å²) in [5.41, 5.74) is -0.167. The van der Waals surface area contributed by atoms with Crippen molar-refractivity contribution < 1.29 is 28.5 Å². The Labute approximate surface area is 181 Å². The lowest BCUT2D eigenvalue weighted by Gasteiger charge is -2.27. The van der Waals surface area contributed by atoms with Gasteiger partial charge in [-0.3, -0.25) is 9.59 Å². The summed E-state index contributed by atoms with van der Waals surface area (Å²) in [6.07, 6.45) is 7.91. The first-order valence-electron chi connectivity index (χ1n) is 10.8. The summed E-state index contributed by atoms with van der Waals surface area (Å²) >= 11 is 0. The average molecular weight is 428 g/mol. The smallest absolute Gasteiger partial charge is 0.231 e. The maximum Gasteiger partial charge on any atom is 0.231 e. The lowest BCUT2D eigenvalue weighted by Crippen LogP contribution is -2.42. The Morgan fingerprint density at radius 3 is 2.42 bits per heavy atom. The third-order valence-corrected chi connectivity index (χ3v) is 7.13. The average Bonchev–Trinajstić information content (AvgIpc) is 3.54. The number of anilines is 1. The predicted octanol–water partition coefficient (Wildman–Crippen LogP) is 2.38. The number of nitrogens with one attached hydrogen (secondary N) is 1. The van der Waals surface area contributed by atoms with E-state index in [-0.39, 0.29) is 24.0 Å². The number of likely N-dealkylation sites (tertiary alicyclic amines) is 1. The molecule has 4 aliphatic rings. The molecule has 4 unspecified atom stereocenters. The number of fused-ring (bicyclic) bond motifs is 1. The molecule has 166 valence electrons. The number of rotatable bonds is 6. The number of carbonyl (C=O) groups is 2. The standard InChI is InChI=1S/C23H28N2O6/c1-28-16-10-13(11-17(29-2)20(16)30-3)24-21(26)18-15-8-9-23(31-15)12-25(22(27)19(18)23)14-6-4-5-7-14/h8-11,14-15,18-19H,4-7,12H2,1-3H3,(H,24,26). The van der Waals surface area contributed by atoms with Gasteiger partial charge in [0.05, 0.1) is 45.8 Å². The summed E-state index contributed by atoms with van der Waals surface area (Å²) in [5.74, 6) is 0.101. The molecular weight excluding hydrogens is 400 g/mol. The SMILES string of the molecule is COc1cc(NC(=O)C2C3C=CC4(CN(C5CCCC5)C(=O)C24)O3)cc(OC)c1OC. The van der Waals surface area contributed by atoms with Crippen LogP contribution in [0, 0.1) is 11.8 Å². The van der Waals surface area contributed by atoms with Crippen molar-refractivity contribution in [3.8, 4) is 17.2 Å². The fourth-order valence-electron chi connectivity index (χ4n) is 5.73. The minimum Gasteiger partial charge on any atom is -0.493 e. The Bertz CT molecular complexity index is 915. The van der Waals surface area contributed by atoms with Crippen molar-refractivity contribution in [2.75, 3.05) is 33.2 Å². The van der Waals surface area contributed by atoms with Gasteiger partial charge >= 0.3 is 0 Å². The number of ether oxygens (including phenoxy) is 4. The zero-order valence-corrected chi connectivity index (χ0v) is 18.1. The van der Waals surface area contributed by atoms with Gasteiger partial charge in [0.25, 0.3) is 0 Å². The van der Waals surface area contributed by atoms with Gasteiger partial charge in [0, 0.05) is 23.9 Å². The van der Waals surface area contributed by atoms with Crippen molar-refractivity contribution in [2.45, 2.75) is 43.4 Å². The predicted molar refractivity (Wildman–Crippen MR) is 112 cm³/mol. The molecule has 1 N–H and O–H groups in total. The van der Waals surface area contributed by atoms with E-state index in [1.165, 1.54) is 21.3 Å². The highest BCUT2D eigenvalue weighted by atomic mass is 16.5. The van der Waals surface area contributed by atoms with E-state index in [4.69, 9.17) is 18.9 Å². The highest BCUT2D eigenvalue weighted by molar-refractivity contribution is 5.99. The van der Waals surface area contributed by atoms with Crippen LogP contribution in [0.1, 0.15) is 25.7 Å². The van der Waals surface area contributed by atoms with E-state index < -0.39 is 17.4 Å². The monoisotopic (exact) mass is 428 g/mol. The van der Waals surface area contributed by atoms with E-state index in [2.05, 4.69) is 5.32 Å². The Kier molecular flexibility index (Phi) is 4.84. The van der Waals surface area contributed by atoms with Crippen LogP contribution in [0.2, 0.25) is 0 Å². The molecule has 2 amide bonds. The molecule has 0 radical (unpaired) electrons. The fraction of sp³-hybridized carbons (Fsp3) is 0.565. The second kappa shape index (κ2) is 7.44. The van der Waals surface area contributed by atoms with Crippen molar-refractivity contribution in [1.82, 2.24) is 4.90 Å². The topological polar surface area (TPSA) is 86.3 Å². The maximum atomic E-state index is 13.4. The second-order valence-corrected chi connectivity index (χ2v) is 8.71. The molecule has 2 saturated heterocycles. The largest absolute Gasteiger partial charge is 0.493 e. The minimum absolute atomic E-state index is 0.0452. The van der Waals surface area contributed by atoms with Gasteiger partial charge in [-0.05, 0) is 12.8 Å². The van der Waals surface area contributed by atoms with Crippen LogP contribution in [0.15, 0.2) is 24.3 Å². The van der Waals surface area contributed by atoms with Crippen LogP contribution in [0.3, 0.4) is 0 Å². The van der Waals surface area contributed by atoms with E-state index in [0.29, 0.717) is 29.5 Å². The summed E-state index contributed by atoms with van der Waals surface area (Å²) < 4.78 is 22.3. The Balaban J connectivity index is 1.40. The van der Waals surface area contributed by atoms with Crippen molar-refractivity contribution in [2.24, 2.45) is 11.8 Å². The van der Waals surface area contributed by atoms with Crippen LogP contribution < -0.4 is 19.5 Å². The molecular formula is C23H28N2O6. The number of hydrogen-bond donors (Lipinski definition) is 1. The zero-order chi connectivity index (χ0) is 21.8. The maximum absolute atomic E-state index is 13.4. The first-order valence-corrected chi connectivity index (χ1v) is 10.8. The van der Waals surface area contributed by atoms with E-state index in [1.54, 1.807) is 12.1 Å².